The Bertz CT molecular complexity index is 659. The summed E-state index contributed by atoms with van der Waals surface area (Å²) in [6, 6.07) is 7.09. The zero-order chi connectivity index (χ0) is 14.0. The van der Waals surface area contributed by atoms with Gasteiger partial charge in [0, 0.05) is 38.6 Å². The number of hydrogen-bond acceptors (Lipinski definition) is 3. The molecule has 1 aromatic carbocycles. The molecular formula is C12H16N4O2S. The van der Waals surface area contributed by atoms with Gasteiger partial charge in [0.05, 0.1) is 12.0 Å². The highest BCUT2D eigenvalue weighted by molar-refractivity contribution is 7.90. The van der Waals surface area contributed by atoms with Crippen LogP contribution in [0.5, 0.6) is 0 Å². The van der Waals surface area contributed by atoms with E-state index in [0.29, 0.717) is 5.69 Å². The molecule has 2 rings (SSSR count). The summed E-state index contributed by atoms with van der Waals surface area (Å²) in [5.41, 5.74) is 2.31. The molecule has 0 aliphatic carbocycles. The Labute approximate surface area is 112 Å². The van der Waals surface area contributed by atoms with Crippen LogP contribution in [0, 0.1) is 0 Å². The number of rotatable bonds is 4. The van der Waals surface area contributed by atoms with Crippen molar-refractivity contribution in [2.75, 3.05) is 18.8 Å². The lowest BCUT2D eigenvalue weighted by atomic mass is 10.1. The van der Waals surface area contributed by atoms with Crippen LogP contribution < -0.4 is 4.72 Å². The highest BCUT2D eigenvalue weighted by Gasteiger charge is 2.12. The quantitative estimate of drug-likeness (QED) is 0.918. The van der Waals surface area contributed by atoms with Gasteiger partial charge in [0.1, 0.15) is 0 Å². The summed E-state index contributed by atoms with van der Waals surface area (Å²) >= 11 is 0. The molecule has 19 heavy (non-hydrogen) atoms. The number of anilines is 1. The third-order valence-electron chi connectivity index (χ3n) is 2.61. The summed E-state index contributed by atoms with van der Waals surface area (Å²) in [4.78, 5) is 4.23. The van der Waals surface area contributed by atoms with Gasteiger partial charge in [0.25, 0.3) is 0 Å². The topological polar surface area (TPSA) is 67.2 Å². The number of imidazole rings is 1. The van der Waals surface area contributed by atoms with Gasteiger partial charge in [0.15, 0.2) is 0 Å². The fraction of sp³-hybridized carbons (Fsp3) is 0.250. The molecule has 0 atom stereocenters. The van der Waals surface area contributed by atoms with E-state index in [4.69, 9.17) is 0 Å². The average molecular weight is 280 g/mol. The molecule has 1 heterocycles. The predicted molar refractivity (Wildman–Crippen MR) is 74.9 cm³/mol. The van der Waals surface area contributed by atoms with E-state index in [1.165, 1.54) is 14.1 Å². The van der Waals surface area contributed by atoms with Crippen LogP contribution in [-0.2, 0) is 17.3 Å². The van der Waals surface area contributed by atoms with Gasteiger partial charge >= 0.3 is 10.2 Å². The first-order valence-electron chi connectivity index (χ1n) is 5.67. The zero-order valence-corrected chi connectivity index (χ0v) is 11.8. The number of nitrogens with zero attached hydrogens (tertiary/aromatic N) is 3. The molecule has 2 aromatic rings. The van der Waals surface area contributed by atoms with Crippen molar-refractivity contribution in [3.8, 4) is 11.3 Å². The smallest absolute Gasteiger partial charge is 0.301 e. The molecule has 0 aliphatic rings. The number of nitrogens with one attached hydrogen (secondary N) is 1. The van der Waals surface area contributed by atoms with E-state index in [0.717, 1.165) is 15.6 Å². The van der Waals surface area contributed by atoms with Gasteiger partial charge in [-0.05, 0) is 12.1 Å². The highest BCUT2D eigenvalue weighted by Crippen LogP contribution is 2.20. The molecular weight excluding hydrogens is 264 g/mol. The first-order chi connectivity index (χ1) is 8.88. The van der Waals surface area contributed by atoms with Gasteiger partial charge < -0.3 is 4.57 Å². The van der Waals surface area contributed by atoms with Crippen LogP contribution in [-0.4, -0.2) is 36.4 Å². The van der Waals surface area contributed by atoms with Crippen molar-refractivity contribution in [3.05, 3.63) is 36.8 Å². The van der Waals surface area contributed by atoms with Crippen LogP contribution in [0.2, 0.25) is 0 Å². The van der Waals surface area contributed by atoms with Crippen LogP contribution in [0.1, 0.15) is 0 Å². The normalized spacial score (nSPS) is 11.8. The molecule has 0 aliphatic heterocycles. The Hall–Kier alpha value is -1.86. The molecule has 0 saturated carbocycles. The Kier molecular flexibility index (Phi) is 3.59. The Balaban J connectivity index is 2.20. The van der Waals surface area contributed by atoms with Crippen molar-refractivity contribution in [1.29, 1.82) is 0 Å². The second-order valence-electron chi connectivity index (χ2n) is 4.39. The van der Waals surface area contributed by atoms with Crippen molar-refractivity contribution in [1.82, 2.24) is 13.9 Å². The monoisotopic (exact) mass is 280 g/mol. The molecule has 1 aromatic heterocycles. The van der Waals surface area contributed by atoms with E-state index in [9.17, 15) is 8.42 Å². The largest absolute Gasteiger partial charge is 0.340 e. The van der Waals surface area contributed by atoms with E-state index in [-0.39, 0.29) is 0 Å². The Morgan fingerprint density at radius 1 is 1.21 bits per heavy atom. The number of aryl methyl sites for hydroxylation is 1. The van der Waals surface area contributed by atoms with E-state index < -0.39 is 10.2 Å². The van der Waals surface area contributed by atoms with Crippen LogP contribution in [0.4, 0.5) is 5.69 Å². The maximum absolute atomic E-state index is 11.7. The summed E-state index contributed by atoms with van der Waals surface area (Å²) in [5, 5.41) is 0. The molecule has 7 heteroatoms. The van der Waals surface area contributed by atoms with Crippen molar-refractivity contribution in [3.63, 3.8) is 0 Å². The summed E-state index contributed by atoms with van der Waals surface area (Å²) in [7, 11) is 1.39. The van der Waals surface area contributed by atoms with Gasteiger partial charge in [-0.1, -0.05) is 12.1 Å². The van der Waals surface area contributed by atoms with E-state index in [1.54, 1.807) is 18.5 Å². The third kappa shape index (κ3) is 3.12. The number of aromatic nitrogens is 2. The molecule has 0 saturated heterocycles. The van der Waals surface area contributed by atoms with Gasteiger partial charge in [-0.25, -0.2) is 4.98 Å². The van der Waals surface area contributed by atoms with E-state index in [2.05, 4.69) is 9.71 Å². The second kappa shape index (κ2) is 5.02. The molecule has 102 valence electrons. The SMILES string of the molecule is CN(C)S(=O)(=O)Nc1ccc(-c2cn(C)cn2)cc1. The zero-order valence-electron chi connectivity index (χ0n) is 11.0. The molecule has 0 unspecified atom stereocenters. The third-order valence-corrected chi connectivity index (χ3v) is 4.07. The van der Waals surface area contributed by atoms with Crippen molar-refractivity contribution >= 4 is 15.9 Å². The minimum Gasteiger partial charge on any atom is -0.340 e. The highest BCUT2D eigenvalue weighted by atomic mass is 32.2. The second-order valence-corrected chi connectivity index (χ2v) is 6.28. The Morgan fingerprint density at radius 2 is 1.84 bits per heavy atom. The van der Waals surface area contributed by atoms with Crippen LogP contribution in [0.15, 0.2) is 36.8 Å². The molecule has 6 nitrogen and oxygen atoms in total. The molecule has 1 N–H and O–H groups in total. The summed E-state index contributed by atoms with van der Waals surface area (Å²) in [6.45, 7) is 0. The van der Waals surface area contributed by atoms with Crippen LogP contribution in [0.3, 0.4) is 0 Å². The lowest BCUT2D eigenvalue weighted by molar-refractivity contribution is 0.527. The fourth-order valence-electron chi connectivity index (χ4n) is 1.51. The summed E-state index contributed by atoms with van der Waals surface area (Å²) < 4.78 is 28.8. The Morgan fingerprint density at radius 3 is 2.32 bits per heavy atom. The number of benzene rings is 1. The molecule has 0 spiro atoms. The number of hydrogen-bond donors (Lipinski definition) is 1. The molecule has 0 fully saturated rings. The maximum Gasteiger partial charge on any atom is 0.301 e. The standard InChI is InChI=1S/C12H16N4O2S/c1-15(2)19(17,18)14-11-6-4-10(5-7-11)12-8-16(3)9-13-12/h4-9,14H,1-3H3. The minimum absolute atomic E-state index is 0.522. The molecule has 0 amide bonds. The van der Waals surface area contributed by atoms with E-state index in [1.807, 2.05) is 29.9 Å². The maximum atomic E-state index is 11.7. The summed E-state index contributed by atoms with van der Waals surface area (Å²) in [6.07, 6.45) is 3.62. The fourth-order valence-corrected chi connectivity index (χ4v) is 2.13. The average Bonchev–Trinajstić information content (AvgIpc) is 2.76. The van der Waals surface area contributed by atoms with Gasteiger partial charge in [-0.2, -0.15) is 12.7 Å². The molecule has 0 radical (unpaired) electrons. The van der Waals surface area contributed by atoms with Gasteiger partial charge in [-0.3, -0.25) is 4.72 Å². The van der Waals surface area contributed by atoms with Crippen molar-refractivity contribution in [2.45, 2.75) is 0 Å². The lowest BCUT2D eigenvalue weighted by Crippen LogP contribution is -2.28. The first-order valence-corrected chi connectivity index (χ1v) is 7.11. The van der Waals surface area contributed by atoms with Crippen molar-refractivity contribution in [2.24, 2.45) is 7.05 Å². The van der Waals surface area contributed by atoms with Crippen LogP contribution in [0.25, 0.3) is 11.3 Å². The van der Waals surface area contributed by atoms with Gasteiger partial charge in [0.2, 0.25) is 0 Å². The first kappa shape index (κ1) is 13.6. The lowest BCUT2D eigenvalue weighted by Gasteiger charge is -2.13. The predicted octanol–water partition coefficient (Wildman–Crippen LogP) is 1.31. The van der Waals surface area contributed by atoms with E-state index >= 15 is 0 Å². The minimum atomic E-state index is -3.46. The van der Waals surface area contributed by atoms with Crippen LogP contribution >= 0.6 is 0 Å². The van der Waals surface area contributed by atoms with Crippen molar-refractivity contribution < 1.29 is 8.42 Å². The van der Waals surface area contributed by atoms with Gasteiger partial charge in [-0.15, -0.1) is 0 Å². The molecule has 0 bridgehead atoms. The summed E-state index contributed by atoms with van der Waals surface area (Å²) in [5.74, 6) is 0.